The quantitative estimate of drug-likeness (QED) is 0.850. The summed E-state index contributed by atoms with van der Waals surface area (Å²) in [7, 11) is 2.00. The number of nitrogens with one attached hydrogen (secondary N) is 1. The number of rotatable bonds is 7. The molecule has 0 bridgehead atoms. The Morgan fingerprint density at radius 3 is 2.52 bits per heavy atom. The molecule has 5 heteroatoms. The first-order valence-corrected chi connectivity index (χ1v) is 7.60. The van der Waals surface area contributed by atoms with Crippen LogP contribution in [0.5, 0.6) is 0 Å². The fourth-order valence-corrected chi connectivity index (χ4v) is 2.66. The maximum Gasteiger partial charge on any atom is 0.115 e. The van der Waals surface area contributed by atoms with Crippen LogP contribution in [-0.2, 0) is 13.5 Å². The van der Waals surface area contributed by atoms with Gasteiger partial charge in [-0.3, -0.25) is 4.68 Å². The highest BCUT2D eigenvalue weighted by molar-refractivity contribution is 5.25. The average Bonchev–Trinajstić information content (AvgIpc) is 2.74. The first kappa shape index (κ1) is 15.6. The fraction of sp³-hybridized carbons (Fsp3) is 0.562. The fourth-order valence-electron chi connectivity index (χ4n) is 2.66. The third-order valence-corrected chi connectivity index (χ3v) is 3.97. The van der Waals surface area contributed by atoms with Gasteiger partial charge in [0.15, 0.2) is 0 Å². The molecule has 2 aromatic rings. The van der Waals surface area contributed by atoms with E-state index in [2.05, 4.69) is 41.2 Å². The molecule has 0 aliphatic carbocycles. The zero-order valence-electron chi connectivity index (χ0n) is 13.4. The normalized spacial score (nSPS) is 12.6. The third kappa shape index (κ3) is 3.88. The lowest BCUT2D eigenvalue weighted by atomic mass is 10.00. The molecule has 2 rings (SSSR count). The Labute approximate surface area is 126 Å². The summed E-state index contributed by atoms with van der Waals surface area (Å²) < 4.78 is 1.96. The lowest BCUT2D eigenvalue weighted by Gasteiger charge is -2.18. The molecule has 114 valence electrons. The van der Waals surface area contributed by atoms with Crippen LogP contribution < -0.4 is 5.32 Å². The van der Waals surface area contributed by atoms with Gasteiger partial charge in [0, 0.05) is 36.7 Å². The summed E-state index contributed by atoms with van der Waals surface area (Å²) in [6.07, 6.45) is 8.56. The molecule has 0 aliphatic heterocycles. The van der Waals surface area contributed by atoms with Gasteiger partial charge in [-0.2, -0.15) is 5.10 Å². The summed E-state index contributed by atoms with van der Waals surface area (Å²) in [6, 6.07) is 0.296. The van der Waals surface area contributed by atoms with Gasteiger partial charge in [0.2, 0.25) is 0 Å². The van der Waals surface area contributed by atoms with Crippen LogP contribution in [0.1, 0.15) is 48.3 Å². The molecular weight excluding hydrogens is 262 g/mol. The minimum absolute atomic E-state index is 0.296. The van der Waals surface area contributed by atoms with E-state index in [1.54, 1.807) is 6.33 Å². The van der Waals surface area contributed by atoms with Gasteiger partial charge in [0.25, 0.3) is 0 Å². The first-order valence-electron chi connectivity index (χ1n) is 7.60. The van der Waals surface area contributed by atoms with Crippen molar-refractivity contribution in [2.75, 3.05) is 6.54 Å². The molecule has 0 radical (unpaired) electrons. The zero-order chi connectivity index (χ0) is 15.2. The monoisotopic (exact) mass is 287 g/mol. The topological polar surface area (TPSA) is 55.6 Å². The molecule has 0 saturated heterocycles. The number of aryl methyl sites for hydroxylation is 2. The summed E-state index contributed by atoms with van der Waals surface area (Å²) in [5, 5.41) is 8.09. The Hall–Kier alpha value is -1.75. The van der Waals surface area contributed by atoms with Crippen molar-refractivity contribution >= 4 is 0 Å². The SMILES string of the molecule is CCCNC(CCc1c(C)nn(C)c1C)c1cncnc1. The van der Waals surface area contributed by atoms with E-state index < -0.39 is 0 Å². The van der Waals surface area contributed by atoms with E-state index in [9.17, 15) is 0 Å². The summed E-state index contributed by atoms with van der Waals surface area (Å²) >= 11 is 0. The van der Waals surface area contributed by atoms with E-state index in [1.807, 2.05) is 24.1 Å². The van der Waals surface area contributed by atoms with Crippen molar-refractivity contribution in [3.8, 4) is 0 Å². The molecular formula is C16H25N5. The molecule has 0 fully saturated rings. The highest BCUT2D eigenvalue weighted by atomic mass is 15.3. The van der Waals surface area contributed by atoms with E-state index in [0.29, 0.717) is 6.04 Å². The Morgan fingerprint density at radius 2 is 1.95 bits per heavy atom. The van der Waals surface area contributed by atoms with Crippen LogP contribution in [0, 0.1) is 13.8 Å². The lowest BCUT2D eigenvalue weighted by molar-refractivity contribution is 0.495. The van der Waals surface area contributed by atoms with E-state index in [0.717, 1.165) is 37.1 Å². The van der Waals surface area contributed by atoms with Crippen molar-refractivity contribution in [2.45, 2.75) is 46.1 Å². The van der Waals surface area contributed by atoms with Gasteiger partial charge in [0.05, 0.1) is 5.69 Å². The largest absolute Gasteiger partial charge is 0.310 e. The molecule has 0 amide bonds. The molecule has 1 unspecified atom stereocenters. The molecule has 1 N–H and O–H groups in total. The average molecular weight is 287 g/mol. The number of nitrogens with zero attached hydrogens (tertiary/aromatic N) is 4. The predicted octanol–water partition coefficient (Wildman–Crippen LogP) is 2.50. The van der Waals surface area contributed by atoms with Gasteiger partial charge in [-0.25, -0.2) is 9.97 Å². The second-order valence-corrected chi connectivity index (χ2v) is 5.49. The van der Waals surface area contributed by atoms with Crippen LogP contribution in [0.3, 0.4) is 0 Å². The van der Waals surface area contributed by atoms with E-state index in [-0.39, 0.29) is 0 Å². The summed E-state index contributed by atoms with van der Waals surface area (Å²) in [4.78, 5) is 8.28. The zero-order valence-corrected chi connectivity index (χ0v) is 13.4. The molecule has 1 atom stereocenters. The highest BCUT2D eigenvalue weighted by Gasteiger charge is 2.15. The van der Waals surface area contributed by atoms with Crippen LogP contribution >= 0.6 is 0 Å². The van der Waals surface area contributed by atoms with Gasteiger partial charge >= 0.3 is 0 Å². The van der Waals surface area contributed by atoms with E-state index >= 15 is 0 Å². The Kier molecular flexibility index (Phi) is 5.44. The molecule has 2 aromatic heterocycles. The minimum atomic E-state index is 0.296. The Bertz CT molecular complexity index is 562. The molecule has 2 heterocycles. The Morgan fingerprint density at radius 1 is 1.24 bits per heavy atom. The van der Waals surface area contributed by atoms with Crippen LogP contribution in [-0.4, -0.2) is 26.3 Å². The van der Waals surface area contributed by atoms with Gasteiger partial charge in [0.1, 0.15) is 6.33 Å². The third-order valence-electron chi connectivity index (χ3n) is 3.97. The van der Waals surface area contributed by atoms with Crippen molar-refractivity contribution in [2.24, 2.45) is 7.05 Å². The van der Waals surface area contributed by atoms with Crippen molar-refractivity contribution in [1.29, 1.82) is 0 Å². The molecule has 0 spiro atoms. The molecule has 21 heavy (non-hydrogen) atoms. The van der Waals surface area contributed by atoms with Crippen molar-refractivity contribution < 1.29 is 0 Å². The maximum atomic E-state index is 4.50. The lowest BCUT2D eigenvalue weighted by Crippen LogP contribution is -2.23. The van der Waals surface area contributed by atoms with Crippen molar-refractivity contribution in [3.63, 3.8) is 0 Å². The predicted molar refractivity (Wildman–Crippen MR) is 84.1 cm³/mol. The maximum absolute atomic E-state index is 4.50. The molecule has 0 aliphatic rings. The van der Waals surface area contributed by atoms with E-state index in [4.69, 9.17) is 0 Å². The van der Waals surface area contributed by atoms with Gasteiger partial charge in [-0.05, 0) is 45.2 Å². The smallest absolute Gasteiger partial charge is 0.115 e. The summed E-state index contributed by atoms with van der Waals surface area (Å²) in [5.41, 5.74) is 4.91. The second kappa shape index (κ2) is 7.31. The van der Waals surface area contributed by atoms with Gasteiger partial charge in [-0.1, -0.05) is 6.92 Å². The van der Waals surface area contributed by atoms with Crippen LogP contribution in [0.15, 0.2) is 18.7 Å². The van der Waals surface area contributed by atoms with Crippen LogP contribution in [0.25, 0.3) is 0 Å². The van der Waals surface area contributed by atoms with Crippen molar-refractivity contribution in [1.82, 2.24) is 25.1 Å². The van der Waals surface area contributed by atoms with E-state index in [1.165, 1.54) is 11.3 Å². The van der Waals surface area contributed by atoms with Crippen LogP contribution in [0.4, 0.5) is 0 Å². The number of hydrogen-bond acceptors (Lipinski definition) is 4. The number of hydrogen-bond donors (Lipinski definition) is 1. The summed E-state index contributed by atoms with van der Waals surface area (Å²) in [6.45, 7) is 7.41. The summed E-state index contributed by atoms with van der Waals surface area (Å²) in [5.74, 6) is 0. The Balaban J connectivity index is 2.09. The van der Waals surface area contributed by atoms with Crippen molar-refractivity contribution in [3.05, 3.63) is 41.2 Å². The van der Waals surface area contributed by atoms with Crippen LogP contribution in [0.2, 0.25) is 0 Å². The molecule has 0 aromatic carbocycles. The standard InChI is InChI=1S/C16H25N5/c1-5-8-19-16(14-9-17-11-18-10-14)7-6-15-12(2)20-21(4)13(15)3/h9-11,16,19H,5-8H2,1-4H3. The minimum Gasteiger partial charge on any atom is -0.310 e. The van der Waals surface area contributed by atoms with Gasteiger partial charge < -0.3 is 5.32 Å². The second-order valence-electron chi connectivity index (χ2n) is 5.49. The molecule has 0 saturated carbocycles. The first-order chi connectivity index (χ1) is 10.1. The number of aromatic nitrogens is 4. The molecule has 5 nitrogen and oxygen atoms in total. The van der Waals surface area contributed by atoms with Gasteiger partial charge in [-0.15, -0.1) is 0 Å². The highest BCUT2D eigenvalue weighted by Crippen LogP contribution is 2.21.